The zero-order valence-corrected chi connectivity index (χ0v) is 8.94. The van der Waals surface area contributed by atoms with Crippen LogP contribution in [0.3, 0.4) is 0 Å². The molecule has 0 unspecified atom stereocenters. The van der Waals surface area contributed by atoms with E-state index in [0.717, 1.165) is 0 Å². The first kappa shape index (κ1) is 11.8. The van der Waals surface area contributed by atoms with Gasteiger partial charge in [0.05, 0.1) is 0 Å². The van der Waals surface area contributed by atoms with Gasteiger partial charge in [-0.15, -0.1) is 0 Å². The molecule has 0 fully saturated rings. The van der Waals surface area contributed by atoms with Crippen molar-refractivity contribution in [3.05, 3.63) is 12.3 Å². The van der Waals surface area contributed by atoms with Gasteiger partial charge < -0.3 is 19.8 Å². The van der Waals surface area contributed by atoms with Gasteiger partial charge in [0.15, 0.2) is 0 Å². The van der Waals surface area contributed by atoms with Crippen LogP contribution in [0.4, 0.5) is 4.79 Å². The summed E-state index contributed by atoms with van der Waals surface area (Å²) in [6, 6.07) is 2.11. The molecule has 1 heterocycles. The first-order valence-corrected chi connectivity index (χ1v) is 4.57. The molecule has 0 aromatic heterocycles. The number of rotatable bonds is 1. The molecule has 2 rings (SSSR count). The molecule has 0 atom stereocenters. The van der Waals surface area contributed by atoms with Crippen molar-refractivity contribution in [2.75, 3.05) is 0 Å². The van der Waals surface area contributed by atoms with E-state index in [1.165, 1.54) is 11.3 Å². The lowest BCUT2D eigenvalue weighted by Crippen LogP contribution is -2.33. The van der Waals surface area contributed by atoms with Gasteiger partial charge in [-0.25, -0.2) is 0 Å². The molecule has 6 heteroatoms. The average Bonchev–Trinajstić information content (AvgIpc) is 2.55. The maximum absolute atomic E-state index is 10.4. The number of aromatic amines is 1. The van der Waals surface area contributed by atoms with Crippen molar-refractivity contribution in [3.8, 4) is 11.3 Å². The van der Waals surface area contributed by atoms with Crippen LogP contribution < -0.4 is 0 Å². The Kier molecular flexibility index (Phi) is 3.21. The van der Waals surface area contributed by atoms with Crippen LogP contribution in [0.25, 0.3) is 11.3 Å². The Morgan fingerprint density at radius 1 is 1.47 bits per heavy atom. The van der Waals surface area contributed by atoms with Crippen molar-refractivity contribution in [2.24, 2.45) is 0 Å². The largest absolute Gasteiger partial charge is 0.579 e. The van der Waals surface area contributed by atoms with Crippen LogP contribution in [-0.4, -0.2) is 33.6 Å². The highest BCUT2D eigenvalue weighted by Crippen LogP contribution is 2.32. The fraction of sp³-hybridized carbons (Fsp3) is 0.444. The Balaban J connectivity index is 0.000000180. The van der Waals surface area contributed by atoms with E-state index in [-0.39, 0.29) is 0 Å². The van der Waals surface area contributed by atoms with Gasteiger partial charge in [-0.2, -0.15) is 0 Å². The lowest BCUT2D eigenvalue weighted by molar-refractivity contribution is 0.0654. The lowest BCUT2D eigenvalue weighted by atomic mass is 9.92. The first-order valence-electron chi connectivity index (χ1n) is 4.57. The number of hydrogen-bond acceptors (Lipinski definition) is 4. The summed E-state index contributed by atoms with van der Waals surface area (Å²) in [6.45, 7) is 4.94. The fourth-order valence-electron chi connectivity index (χ4n) is 0.796. The Hall–Kier alpha value is -1.27. The van der Waals surface area contributed by atoms with E-state index in [1.54, 1.807) is 20.8 Å². The van der Waals surface area contributed by atoms with Crippen molar-refractivity contribution >= 4 is 13.0 Å². The lowest BCUT2D eigenvalue weighted by Gasteiger charge is -2.18. The van der Waals surface area contributed by atoms with E-state index < -0.39 is 18.6 Å². The molecule has 2 aliphatic rings. The van der Waals surface area contributed by atoms with Crippen LogP contribution in [0.2, 0.25) is 0 Å². The molecule has 1 aliphatic heterocycles. The summed E-state index contributed by atoms with van der Waals surface area (Å²) in [5.41, 5.74) is 2.08. The molecule has 0 saturated heterocycles. The molecule has 0 saturated carbocycles. The minimum atomic E-state index is -2.03. The Morgan fingerprint density at radius 3 is 2.07 bits per heavy atom. The number of hydrogen-bond donors (Lipinski definition) is 3. The maximum atomic E-state index is 10.4. The second kappa shape index (κ2) is 4.08. The third-order valence-corrected chi connectivity index (χ3v) is 1.53. The zero-order chi connectivity index (χ0) is 11.6. The molecule has 1 aliphatic carbocycles. The van der Waals surface area contributed by atoms with E-state index in [1.807, 2.05) is 6.20 Å². The van der Waals surface area contributed by atoms with E-state index in [9.17, 15) is 4.79 Å². The smallest absolute Gasteiger partial charge is 0.463 e. The minimum absolute atomic E-state index is 0.666. The van der Waals surface area contributed by atoms with Crippen molar-refractivity contribution in [1.82, 2.24) is 4.98 Å². The van der Waals surface area contributed by atoms with Crippen molar-refractivity contribution in [2.45, 2.75) is 26.4 Å². The predicted molar refractivity (Wildman–Crippen MR) is 56.2 cm³/mol. The van der Waals surface area contributed by atoms with Gasteiger partial charge in [-0.1, -0.05) is 0 Å². The van der Waals surface area contributed by atoms with Crippen LogP contribution >= 0.6 is 0 Å². The molecule has 15 heavy (non-hydrogen) atoms. The van der Waals surface area contributed by atoms with E-state index in [0.29, 0.717) is 0 Å². The topological polar surface area (TPSA) is 82.6 Å². The van der Waals surface area contributed by atoms with Crippen molar-refractivity contribution in [3.63, 3.8) is 0 Å². The maximum Gasteiger partial charge on any atom is 0.579 e. The fourth-order valence-corrected chi connectivity index (χ4v) is 0.796. The highest BCUT2D eigenvalue weighted by Gasteiger charge is 2.26. The van der Waals surface area contributed by atoms with Crippen LogP contribution in [0, 0.1) is 0 Å². The van der Waals surface area contributed by atoms with E-state index >= 15 is 0 Å². The summed E-state index contributed by atoms with van der Waals surface area (Å²) in [4.78, 5) is 13.4. The van der Waals surface area contributed by atoms with Gasteiger partial charge in [0, 0.05) is 17.5 Å². The van der Waals surface area contributed by atoms with Crippen LogP contribution in [0.5, 0.6) is 0 Å². The summed E-state index contributed by atoms with van der Waals surface area (Å²) >= 11 is 0. The SMILES string of the molecule is CC(C)(C)OC(=O)B(O)O.c1[nH]c2cc1-2. The molecule has 0 spiro atoms. The third kappa shape index (κ3) is 4.18. The van der Waals surface area contributed by atoms with Crippen molar-refractivity contribution in [1.29, 1.82) is 0 Å². The van der Waals surface area contributed by atoms with Crippen LogP contribution in [0.15, 0.2) is 12.3 Å². The van der Waals surface area contributed by atoms with Crippen LogP contribution in [-0.2, 0) is 4.74 Å². The van der Waals surface area contributed by atoms with Crippen LogP contribution in [0.1, 0.15) is 20.8 Å². The standard InChI is InChI=1S/C5H11BO4.C4H3N/c1-5(2,3)10-4(7)6(8)9;1-3-2-5-4(1)3/h8-9H,1-3H3;1-2,5H. The van der Waals surface area contributed by atoms with Crippen molar-refractivity contribution < 1.29 is 19.6 Å². The molecular weight excluding hydrogens is 197 g/mol. The number of H-pyrrole nitrogens is 1. The zero-order valence-electron chi connectivity index (χ0n) is 8.94. The Labute approximate surface area is 88.2 Å². The highest BCUT2D eigenvalue weighted by molar-refractivity contribution is 6.76. The number of ether oxygens (including phenoxy) is 1. The molecule has 0 aromatic rings. The predicted octanol–water partition coefficient (Wildman–Crippen LogP) is 0.971. The molecule has 5 nitrogen and oxygen atoms in total. The molecular formula is C9H14BNO4. The Morgan fingerprint density at radius 2 is 2.00 bits per heavy atom. The summed E-state index contributed by atoms with van der Waals surface area (Å²) < 4.78 is 4.56. The normalized spacial score (nSPS) is 11.3. The van der Waals surface area contributed by atoms with Gasteiger partial charge in [0.1, 0.15) is 5.60 Å². The number of fused-ring (bicyclic) bond motifs is 1. The average molecular weight is 211 g/mol. The van der Waals surface area contributed by atoms with Gasteiger partial charge in [0.2, 0.25) is 0 Å². The van der Waals surface area contributed by atoms with E-state index in [2.05, 4.69) is 15.8 Å². The highest BCUT2D eigenvalue weighted by atomic mass is 16.6. The van der Waals surface area contributed by atoms with Gasteiger partial charge in [-0.05, 0) is 26.8 Å². The molecule has 0 amide bonds. The number of aromatic nitrogens is 1. The summed E-state index contributed by atoms with van der Waals surface area (Å²) in [5.74, 6) is -1.02. The number of carbonyl (C=O) groups excluding carboxylic acids is 1. The Bertz CT molecular complexity index is 329. The molecule has 3 N–H and O–H groups in total. The summed E-state index contributed by atoms with van der Waals surface area (Å²) in [6.07, 6.45) is 2.00. The van der Waals surface area contributed by atoms with E-state index in [4.69, 9.17) is 10.0 Å². The molecule has 0 radical (unpaired) electrons. The molecule has 0 bridgehead atoms. The number of carbonyl (C=O) groups is 1. The monoisotopic (exact) mass is 211 g/mol. The van der Waals surface area contributed by atoms with Gasteiger partial charge in [0.25, 0.3) is 0 Å². The number of nitrogens with one attached hydrogen (secondary N) is 1. The third-order valence-electron chi connectivity index (χ3n) is 1.53. The van der Waals surface area contributed by atoms with Gasteiger partial charge >= 0.3 is 13.0 Å². The second-order valence-electron chi connectivity index (χ2n) is 4.21. The summed E-state index contributed by atoms with van der Waals surface area (Å²) in [7, 11) is -2.03. The molecule has 82 valence electrons. The quantitative estimate of drug-likeness (QED) is 0.613. The second-order valence-corrected chi connectivity index (χ2v) is 4.21. The van der Waals surface area contributed by atoms with Gasteiger partial charge in [-0.3, -0.25) is 4.79 Å². The minimum Gasteiger partial charge on any atom is -0.463 e. The molecule has 0 aromatic carbocycles. The summed E-state index contributed by atoms with van der Waals surface area (Å²) in [5, 5.41) is 16.5. The first-order chi connectivity index (χ1) is 6.79.